The van der Waals surface area contributed by atoms with Gasteiger partial charge in [-0.15, -0.1) is 0 Å². The highest BCUT2D eigenvalue weighted by Crippen LogP contribution is 2.14. The van der Waals surface area contributed by atoms with Crippen molar-refractivity contribution in [3.63, 3.8) is 0 Å². The zero-order valence-corrected chi connectivity index (χ0v) is 13.2. The maximum absolute atomic E-state index is 5.59. The van der Waals surface area contributed by atoms with Crippen LogP contribution in [0.25, 0.3) is 0 Å². The Morgan fingerprint density at radius 2 is 2.10 bits per heavy atom. The maximum atomic E-state index is 5.59. The second-order valence-electron chi connectivity index (χ2n) is 5.89. The first kappa shape index (κ1) is 15.7. The van der Waals surface area contributed by atoms with Gasteiger partial charge in [0.2, 0.25) is 0 Å². The van der Waals surface area contributed by atoms with Crippen LogP contribution in [0.3, 0.4) is 0 Å². The summed E-state index contributed by atoms with van der Waals surface area (Å²) < 4.78 is 5.59. The number of hydrogen-bond acceptors (Lipinski definition) is 4. The Morgan fingerprint density at radius 3 is 2.81 bits per heavy atom. The van der Waals surface area contributed by atoms with E-state index in [1.165, 1.54) is 5.56 Å². The first-order valence-corrected chi connectivity index (χ1v) is 7.49. The fourth-order valence-corrected chi connectivity index (χ4v) is 2.25. The molecule has 0 aromatic carbocycles. The molecular formula is C17H25N3O. The van der Waals surface area contributed by atoms with Crippen molar-refractivity contribution in [2.24, 2.45) is 5.92 Å². The Kier molecular flexibility index (Phi) is 5.96. The van der Waals surface area contributed by atoms with Gasteiger partial charge in [0.05, 0.1) is 18.5 Å². The fourth-order valence-electron chi connectivity index (χ4n) is 2.25. The molecule has 0 radical (unpaired) electrons. The van der Waals surface area contributed by atoms with Crippen molar-refractivity contribution in [3.05, 3.63) is 53.7 Å². The van der Waals surface area contributed by atoms with Gasteiger partial charge in [-0.05, 0) is 37.7 Å². The average molecular weight is 287 g/mol. The molecule has 0 unspecified atom stereocenters. The first-order chi connectivity index (χ1) is 10.1. The Bertz CT molecular complexity index is 522. The molecule has 114 valence electrons. The van der Waals surface area contributed by atoms with Crippen LogP contribution in [0.15, 0.2) is 41.1 Å². The normalized spacial score (nSPS) is 11.5. The lowest BCUT2D eigenvalue weighted by molar-refractivity contribution is 0.310. The zero-order chi connectivity index (χ0) is 15.1. The average Bonchev–Trinajstić information content (AvgIpc) is 2.87. The molecule has 0 fully saturated rings. The predicted molar refractivity (Wildman–Crippen MR) is 84.7 cm³/mol. The van der Waals surface area contributed by atoms with E-state index in [2.05, 4.69) is 48.2 Å². The van der Waals surface area contributed by atoms with Gasteiger partial charge in [0.25, 0.3) is 0 Å². The third-order valence-electron chi connectivity index (χ3n) is 3.27. The first-order valence-electron chi connectivity index (χ1n) is 7.49. The summed E-state index contributed by atoms with van der Waals surface area (Å²) in [5.74, 6) is 1.68. The van der Waals surface area contributed by atoms with E-state index >= 15 is 0 Å². The molecule has 1 N–H and O–H groups in total. The molecule has 0 atom stereocenters. The minimum absolute atomic E-state index is 0.648. The van der Waals surface area contributed by atoms with E-state index in [1.54, 1.807) is 6.26 Å². The van der Waals surface area contributed by atoms with E-state index in [-0.39, 0.29) is 0 Å². The van der Waals surface area contributed by atoms with Crippen LogP contribution in [-0.4, -0.2) is 23.5 Å². The van der Waals surface area contributed by atoms with Gasteiger partial charge >= 0.3 is 0 Å². The van der Waals surface area contributed by atoms with Gasteiger partial charge in [-0.2, -0.15) is 0 Å². The van der Waals surface area contributed by atoms with Crippen LogP contribution >= 0.6 is 0 Å². The molecular weight excluding hydrogens is 262 g/mol. The van der Waals surface area contributed by atoms with Crippen LogP contribution in [-0.2, 0) is 19.6 Å². The van der Waals surface area contributed by atoms with Gasteiger partial charge in [0.1, 0.15) is 5.76 Å². The maximum Gasteiger partial charge on any atom is 0.122 e. The molecule has 0 saturated carbocycles. The van der Waals surface area contributed by atoms with Gasteiger partial charge in [0.15, 0.2) is 0 Å². The molecule has 0 amide bonds. The molecule has 0 saturated heterocycles. The molecule has 0 spiro atoms. The number of nitrogens with zero attached hydrogens (tertiary/aromatic N) is 2. The zero-order valence-electron chi connectivity index (χ0n) is 13.2. The number of aromatic nitrogens is 1. The minimum Gasteiger partial charge on any atom is -0.468 e. The summed E-state index contributed by atoms with van der Waals surface area (Å²) in [5.41, 5.74) is 2.33. The molecule has 21 heavy (non-hydrogen) atoms. The number of rotatable bonds is 8. The Hall–Kier alpha value is -1.65. The summed E-state index contributed by atoms with van der Waals surface area (Å²) in [6.45, 7) is 7.91. The monoisotopic (exact) mass is 287 g/mol. The third kappa shape index (κ3) is 5.33. The lowest BCUT2D eigenvalue weighted by Crippen LogP contribution is -2.21. The minimum atomic E-state index is 0.648. The van der Waals surface area contributed by atoms with Crippen LogP contribution in [0.5, 0.6) is 0 Å². The molecule has 2 aromatic heterocycles. The van der Waals surface area contributed by atoms with Gasteiger partial charge < -0.3 is 9.73 Å². The van der Waals surface area contributed by atoms with Gasteiger partial charge in [-0.25, -0.2) is 0 Å². The van der Waals surface area contributed by atoms with Crippen LogP contribution < -0.4 is 5.32 Å². The van der Waals surface area contributed by atoms with Crippen LogP contribution in [0.4, 0.5) is 0 Å². The Labute approximate surface area is 127 Å². The smallest absolute Gasteiger partial charge is 0.122 e. The molecule has 4 heteroatoms. The summed E-state index contributed by atoms with van der Waals surface area (Å²) in [5, 5.41) is 3.43. The summed E-state index contributed by atoms with van der Waals surface area (Å²) >= 11 is 0. The fraction of sp³-hybridized carbons (Fsp3) is 0.471. The van der Waals surface area contributed by atoms with Crippen LogP contribution in [0.2, 0.25) is 0 Å². The highest BCUT2D eigenvalue weighted by atomic mass is 16.3. The molecule has 0 aliphatic heterocycles. The number of hydrogen-bond donors (Lipinski definition) is 1. The number of nitrogens with one attached hydrogen (secondary N) is 1. The standard InChI is InChI=1S/C17H25N3O/c1-14(2)10-18-11-17-15(7-9-21-17)12-20(3)13-16-6-4-5-8-19-16/h4-9,14,18H,10-13H2,1-3H3. The largest absolute Gasteiger partial charge is 0.468 e. The van der Waals surface area contributed by atoms with Crippen molar-refractivity contribution in [2.45, 2.75) is 33.5 Å². The van der Waals surface area contributed by atoms with Crippen LogP contribution in [0.1, 0.15) is 30.9 Å². The molecule has 0 aliphatic carbocycles. The Morgan fingerprint density at radius 1 is 1.24 bits per heavy atom. The van der Waals surface area contributed by atoms with E-state index < -0.39 is 0 Å². The second kappa shape index (κ2) is 7.96. The molecule has 2 heterocycles. The van der Waals surface area contributed by atoms with Crippen molar-refractivity contribution in [2.75, 3.05) is 13.6 Å². The van der Waals surface area contributed by atoms with Crippen molar-refractivity contribution < 1.29 is 4.42 Å². The predicted octanol–water partition coefficient (Wildman–Crippen LogP) is 3.05. The second-order valence-corrected chi connectivity index (χ2v) is 5.89. The number of furan rings is 1. The van der Waals surface area contributed by atoms with Crippen LogP contribution in [0, 0.1) is 5.92 Å². The highest BCUT2D eigenvalue weighted by Gasteiger charge is 2.09. The van der Waals surface area contributed by atoms with Gasteiger partial charge in [-0.1, -0.05) is 19.9 Å². The molecule has 0 bridgehead atoms. The topological polar surface area (TPSA) is 41.3 Å². The van der Waals surface area contributed by atoms with E-state index in [0.29, 0.717) is 5.92 Å². The van der Waals surface area contributed by atoms with E-state index in [1.807, 2.05) is 18.3 Å². The lowest BCUT2D eigenvalue weighted by atomic mass is 10.2. The summed E-state index contributed by atoms with van der Waals surface area (Å²) in [6.07, 6.45) is 3.61. The van der Waals surface area contributed by atoms with E-state index in [0.717, 1.165) is 37.6 Å². The molecule has 2 rings (SSSR count). The van der Waals surface area contributed by atoms with Crippen molar-refractivity contribution in [3.8, 4) is 0 Å². The summed E-state index contributed by atoms with van der Waals surface area (Å²) in [7, 11) is 2.10. The number of pyridine rings is 1. The molecule has 2 aromatic rings. The summed E-state index contributed by atoms with van der Waals surface area (Å²) in [6, 6.07) is 8.08. The van der Waals surface area contributed by atoms with Crippen molar-refractivity contribution in [1.29, 1.82) is 0 Å². The SMILES string of the molecule is CC(C)CNCc1occc1CN(C)Cc1ccccn1. The van der Waals surface area contributed by atoms with Crippen molar-refractivity contribution >= 4 is 0 Å². The molecule has 0 aliphatic rings. The van der Waals surface area contributed by atoms with Gasteiger partial charge in [-0.3, -0.25) is 9.88 Å². The molecule has 4 nitrogen and oxygen atoms in total. The Balaban J connectivity index is 1.86. The highest BCUT2D eigenvalue weighted by molar-refractivity contribution is 5.17. The quantitative estimate of drug-likeness (QED) is 0.810. The van der Waals surface area contributed by atoms with E-state index in [4.69, 9.17) is 4.42 Å². The van der Waals surface area contributed by atoms with Crippen molar-refractivity contribution in [1.82, 2.24) is 15.2 Å². The van der Waals surface area contributed by atoms with Gasteiger partial charge in [0, 0.05) is 24.8 Å². The lowest BCUT2D eigenvalue weighted by Gasteiger charge is -2.16. The van der Waals surface area contributed by atoms with E-state index in [9.17, 15) is 0 Å². The third-order valence-corrected chi connectivity index (χ3v) is 3.27. The summed E-state index contributed by atoms with van der Waals surface area (Å²) in [4.78, 5) is 6.61.